The minimum Gasteiger partial charge on any atom is -0.496 e. The number of rotatable bonds is 7. The highest BCUT2D eigenvalue weighted by molar-refractivity contribution is 9.10. The summed E-state index contributed by atoms with van der Waals surface area (Å²) in [6, 6.07) is 8.83. The van der Waals surface area contributed by atoms with E-state index in [1.165, 1.54) is 24.6 Å². The van der Waals surface area contributed by atoms with E-state index in [1.807, 2.05) is 6.07 Å². The third-order valence-corrected chi connectivity index (χ3v) is 3.44. The van der Waals surface area contributed by atoms with Crippen molar-refractivity contribution >= 4 is 40.0 Å². The van der Waals surface area contributed by atoms with Crippen LogP contribution in [0, 0.1) is 0 Å². The number of amides is 2. The Labute approximate surface area is 152 Å². The second-order valence-corrected chi connectivity index (χ2v) is 5.66. The van der Waals surface area contributed by atoms with Gasteiger partial charge >= 0.3 is 0 Å². The van der Waals surface area contributed by atoms with Crippen molar-refractivity contribution < 1.29 is 18.7 Å². The first kappa shape index (κ1) is 18.5. The lowest BCUT2D eigenvalue weighted by Gasteiger charge is -2.05. The molecule has 2 amide bonds. The molecule has 2 rings (SSSR count). The molecule has 1 aromatic heterocycles. The molecular weight excluding hydrogens is 390 g/mol. The molecule has 0 bridgehead atoms. The number of ether oxygens (including phenoxy) is 1. The maximum absolute atomic E-state index is 11.7. The number of hydrogen-bond acceptors (Lipinski definition) is 5. The topological polar surface area (TPSA) is 92.9 Å². The van der Waals surface area contributed by atoms with Gasteiger partial charge in [-0.15, -0.1) is 0 Å². The van der Waals surface area contributed by atoms with Gasteiger partial charge < -0.3 is 14.5 Å². The summed E-state index contributed by atoms with van der Waals surface area (Å²) in [4.78, 5) is 23.2. The van der Waals surface area contributed by atoms with Crippen molar-refractivity contribution in [1.82, 2.24) is 10.7 Å². The molecule has 1 heterocycles. The summed E-state index contributed by atoms with van der Waals surface area (Å²) in [5, 5.41) is 6.29. The predicted molar refractivity (Wildman–Crippen MR) is 97.2 cm³/mol. The van der Waals surface area contributed by atoms with Crippen molar-refractivity contribution in [2.24, 2.45) is 5.10 Å². The number of nitrogens with one attached hydrogen (secondary N) is 2. The van der Waals surface area contributed by atoms with Gasteiger partial charge in [-0.1, -0.05) is 15.9 Å². The second kappa shape index (κ2) is 9.43. The Morgan fingerprint density at radius 1 is 1.36 bits per heavy atom. The van der Waals surface area contributed by atoms with Crippen LogP contribution in [-0.2, 0) is 9.59 Å². The minimum atomic E-state index is -0.454. The zero-order chi connectivity index (χ0) is 18.1. The number of hydrazone groups is 1. The van der Waals surface area contributed by atoms with E-state index in [-0.39, 0.29) is 6.54 Å². The van der Waals surface area contributed by atoms with Gasteiger partial charge in [-0.3, -0.25) is 9.59 Å². The molecule has 0 aliphatic rings. The zero-order valence-electron chi connectivity index (χ0n) is 13.4. The first-order valence-electron chi connectivity index (χ1n) is 7.23. The average Bonchev–Trinajstić information content (AvgIpc) is 3.12. The maximum atomic E-state index is 11.7. The van der Waals surface area contributed by atoms with E-state index in [0.29, 0.717) is 17.1 Å². The van der Waals surface area contributed by atoms with Crippen LogP contribution in [0.15, 0.2) is 56.7 Å². The average molecular weight is 406 g/mol. The molecule has 0 fully saturated rings. The number of carbonyl (C=O) groups is 2. The number of hydrogen-bond donors (Lipinski definition) is 2. The highest BCUT2D eigenvalue weighted by Gasteiger charge is 2.03. The van der Waals surface area contributed by atoms with Crippen LogP contribution in [0.1, 0.15) is 11.3 Å². The van der Waals surface area contributed by atoms with Crippen LogP contribution >= 0.6 is 15.9 Å². The lowest BCUT2D eigenvalue weighted by Crippen LogP contribution is -2.34. The summed E-state index contributed by atoms with van der Waals surface area (Å²) in [7, 11) is 1.55. The van der Waals surface area contributed by atoms with Gasteiger partial charge in [0, 0.05) is 16.1 Å². The standard InChI is InChI=1S/C17H16BrN3O4/c1-24-15-6-4-13(18)9-12(15)10-20-21-17(23)11-19-16(22)7-5-14-3-2-8-25-14/h2-10H,11H2,1H3,(H,19,22)(H,21,23). The number of furan rings is 1. The smallest absolute Gasteiger partial charge is 0.259 e. The Morgan fingerprint density at radius 2 is 2.20 bits per heavy atom. The molecule has 0 aliphatic carbocycles. The Morgan fingerprint density at radius 3 is 2.92 bits per heavy atom. The quantitative estimate of drug-likeness (QED) is 0.419. The number of nitrogens with zero attached hydrogens (tertiary/aromatic N) is 1. The molecule has 130 valence electrons. The molecule has 7 nitrogen and oxygen atoms in total. The Bertz CT molecular complexity index is 785. The van der Waals surface area contributed by atoms with Crippen molar-refractivity contribution in [1.29, 1.82) is 0 Å². The van der Waals surface area contributed by atoms with E-state index in [2.05, 4.69) is 31.8 Å². The number of carbonyl (C=O) groups excluding carboxylic acids is 2. The highest BCUT2D eigenvalue weighted by Crippen LogP contribution is 2.21. The Hall–Kier alpha value is -2.87. The third-order valence-electron chi connectivity index (χ3n) is 2.95. The molecule has 0 spiro atoms. The van der Waals surface area contributed by atoms with Crippen LogP contribution in [0.25, 0.3) is 6.08 Å². The molecule has 0 unspecified atom stereocenters. The molecular formula is C17H16BrN3O4. The molecule has 0 radical (unpaired) electrons. The molecule has 0 atom stereocenters. The maximum Gasteiger partial charge on any atom is 0.259 e. The van der Waals surface area contributed by atoms with Crippen LogP contribution in [-0.4, -0.2) is 31.7 Å². The fourth-order valence-corrected chi connectivity index (χ4v) is 2.17. The van der Waals surface area contributed by atoms with Gasteiger partial charge in [0.15, 0.2) is 0 Å². The van der Waals surface area contributed by atoms with E-state index in [9.17, 15) is 9.59 Å². The molecule has 8 heteroatoms. The third kappa shape index (κ3) is 6.27. The number of halogens is 1. The first-order chi connectivity index (χ1) is 12.1. The molecule has 1 aromatic carbocycles. The van der Waals surface area contributed by atoms with E-state index >= 15 is 0 Å². The second-order valence-electron chi connectivity index (χ2n) is 4.75. The largest absolute Gasteiger partial charge is 0.496 e. The molecule has 25 heavy (non-hydrogen) atoms. The summed E-state index contributed by atoms with van der Waals surface area (Å²) < 4.78 is 11.1. The van der Waals surface area contributed by atoms with Gasteiger partial charge in [0.2, 0.25) is 5.91 Å². The van der Waals surface area contributed by atoms with Crippen molar-refractivity contribution in [3.05, 3.63) is 58.5 Å². The van der Waals surface area contributed by atoms with Crippen LogP contribution in [0.5, 0.6) is 5.75 Å². The molecule has 2 N–H and O–H groups in total. The predicted octanol–water partition coefficient (Wildman–Crippen LogP) is 2.33. The van der Waals surface area contributed by atoms with Gasteiger partial charge in [-0.2, -0.15) is 5.10 Å². The van der Waals surface area contributed by atoms with Gasteiger partial charge in [0.25, 0.3) is 5.91 Å². The van der Waals surface area contributed by atoms with E-state index in [0.717, 1.165) is 4.47 Å². The van der Waals surface area contributed by atoms with Crippen LogP contribution in [0.2, 0.25) is 0 Å². The molecule has 2 aromatic rings. The lowest BCUT2D eigenvalue weighted by atomic mass is 10.2. The highest BCUT2D eigenvalue weighted by atomic mass is 79.9. The van der Waals surface area contributed by atoms with Gasteiger partial charge in [-0.25, -0.2) is 5.43 Å². The zero-order valence-corrected chi connectivity index (χ0v) is 14.9. The first-order valence-corrected chi connectivity index (χ1v) is 8.02. The van der Waals surface area contributed by atoms with Gasteiger partial charge in [0.05, 0.1) is 26.1 Å². The SMILES string of the molecule is COc1ccc(Br)cc1C=NNC(=O)CNC(=O)C=Cc1ccco1. The summed E-state index contributed by atoms with van der Waals surface area (Å²) >= 11 is 3.35. The van der Waals surface area contributed by atoms with Gasteiger partial charge in [0.1, 0.15) is 11.5 Å². The molecule has 0 saturated carbocycles. The van der Waals surface area contributed by atoms with Crippen molar-refractivity contribution in [3.63, 3.8) is 0 Å². The Balaban J connectivity index is 1.79. The van der Waals surface area contributed by atoms with E-state index < -0.39 is 11.8 Å². The number of benzene rings is 1. The Kier molecular flexibility index (Phi) is 6.97. The van der Waals surface area contributed by atoms with Crippen molar-refractivity contribution in [2.75, 3.05) is 13.7 Å². The fourth-order valence-electron chi connectivity index (χ4n) is 1.79. The minimum absolute atomic E-state index is 0.200. The monoisotopic (exact) mass is 405 g/mol. The van der Waals surface area contributed by atoms with Crippen molar-refractivity contribution in [3.8, 4) is 5.75 Å². The molecule has 0 saturated heterocycles. The van der Waals surface area contributed by atoms with E-state index in [1.54, 1.807) is 31.4 Å². The van der Waals surface area contributed by atoms with Crippen LogP contribution in [0.3, 0.4) is 0 Å². The van der Waals surface area contributed by atoms with E-state index in [4.69, 9.17) is 9.15 Å². The summed E-state index contributed by atoms with van der Waals surface area (Å²) in [6.07, 6.45) is 5.75. The van der Waals surface area contributed by atoms with Gasteiger partial charge in [-0.05, 0) is 36.4 Å². The fraction of sp³-hybridized carbons (Fsp3) is 0.118. The normalized spacial score (nSPS) is 11.0. The summed E-state index contributed by atoms with van der Waals surface area (Å²) in [5.41, 5.74) is 3.03. The lowest BCUT2D eigenvalue weighted by molar-refractivity contribution is -0.123. The molecule has 0 aliphatic heterocycles. The summed E-state index contributed by atoms with van der Waals surface area (Å²) in [5.74, 6) is 0.305. The van der Waals surface area contributed by atoms with Crippen LogP contribution < -0.4 is 15.5 Å². The summed E-state index contributed by atoms with van der Waals surface area (Å²) in [6.45, 7) is -0.200. The van der Waals surface area contributed by atoms with Crippen molar-refractivity contribution in [2.45, 2.75) is 0 Å². The van der Waals surface area contributed by atoms with Crippen LogP contribution in [0.4, 0.5) is 0 Å². The number of methoxy groups -OCH3 is 1.